The van der Waals surface area contributed by atoms with Crippen LogP contribution in [0.2, 0.25) is 0 Å². The fourth-order valence-corrected chi connectivity index (χ4v) is 6.15. The minimum Gasteiger partial charge on any atom is -0.493 e. The zero-order chi connectivity index (χ0) is 28.0. The number of para-hydroxylation sites is 1. The first-order chi connectivity index (χ1) is 19.3. The van der Waals surface area contributed by atoms with E-state index in [1.165, 1.54) is 12.1 Å². The largest absolute Gasteiger partial charge is 0.493 e. The Morgan fingerprint density at radius 1 is 1.05 bits per heavy atom. The fourth-order valence-electron chi connectivity index (χ4n) is 6.15. The third-order valence-electron chi connectivity index (χ3n) is 8.16. The molecule has 0 bridgehead atoms. The van der Waals surface area contributed by atoms with E-state index < -0.39 is 5.54 Å². The first-order valence-corrected chi connectivity index (χ1v) is 13.6. The van der Waals surface area contributed by atoms with E-state index in [2.05, 4.69) is 18.0 Å². The molecule has 40 heavy (non-hydrogen) atoms. The molecule has 206 valence electrons. The summed E-state index contributed by atoms with van der Waals surface area (Å²) in [5.74, 6) is 0.483. The van der Waals surface area contributed by atoms with Crippen LogP contribution in [0.25, 0.3) is 10.9 Å². The number of hydrogen-bond donors (Lipinski definition) is 1. The van der Waals surface area contributed by atoms with Crippen LogP contribution in [0, 0.1) is 5.82 Å². The molecule has 6 rings (SSSR count). The van der Waals surface area contributed by atoms with Crippen LogP contribution in [0.15, 0.2) is 66.7 Å². The number of carbonyl (C=O) groups excluding carboxylic acids is 2. The van der Waals surface area contributed by atoms with Gasteiger partial charge in [-0.3, -0.25) is 9.59 Å². The molecule has 3 aromatic carbocycles. The van der Waals surface area contributed by atoms with E-state index in [-0.39, 0.29) is 36.6 Å². The summed E-state index contributed by atoms with van der Waals surface area (Å²) in [5.41, 5.74) is 3.16. The second-order valence-corrected chi connectivity index (χ2v) is 10.6. The highest BCUT2D eigenvalue weighted by Crippen LogP contribution is 2.49. The Morgan fingerprint density at radius 3 is 2.58 bits per heavy atom. The van der Waals surface area contributed by atoms with Gasteiger partial charge >= 0.3 is 0 Å². The summed E-state index contributed by atoms with van der Waals surface area (Å²) >= 11 is 0. The van der Waals surface area contributed by atoms with Gasteiger partial charge in [0.15, 0.2) is 17.0 Å². The lowest BCUT2D eigenvalue weighted by molar-refractivity contribution is -0.166. The van der Waals surface area contributed by atoms with Crippen molar-refractivity contribution in [3.05, 3.63) is 94.9 Å². The number of aromatic amines is 1. The summed E-state index contributed by atoms with van der Waals surface area (Å²) < 4.78 is 25.0. The number of carbonyl (C=O) groups is 2. The molecule has 0 saturated carbocycles. The molecule has 1 saturated heterocycles. The normalized spacial score (nSPS) is 20.4. The number of halogens is 1. The molecule has 8 heteroatoms. The molecule has 2 aliphatic rings. The van der Waals surface area contributed by atoms with Gasteiger partial charge in [0.05, 0.1) is 19.4 Å². The molecule has 0 aliphatic carbocycles. The van der Waals surface area contributed by atoms with Crippen molar-refractivity contribution in [3.63, 3.8) is 0 Å². The van der Waals surface area contributed by atoms with Crippen LogP contribution in [0.1, 0.15) is 48.6 Å². The van der Waals surface area contributed by atoms with Crippen LogP contribution in [-0.2, 0) is 21.7 Å². The predicted octanol–water partition coefficient (Wildman–Crippen LogP) is 5.34. The van der Waals surface area contributed by atoms with Crippen molar-refractivity contribution < 1.29 is 23.5 Å². The average Bonchev–Trinajstić information content (AvgIpc) is 3.37. The van der Waals surface area contributed by atoms with E-state index in [9.17, 15) is 14.0 Å². The quantitative estimate of drug-likeness (QED) is 0.343. The maximum atomic E-state index is 14.2. The van der Waals surface area contributed by atoms with Crippen molar-refractivity contribution in [2.45, 2.75) is 38.3 Å². The number of nitrogens with zero attached hydrogens (tertiary/aromatic N) is 2. The lowest BCUT2D eigenvalue weighted by atomic mass is 9.76. The lowest BCUT2D eigenvalue weighted by Crippen LogP contribution is -2.67. The first-order valence-electron chi connectivity index (χ1n) is 13.6. The zero-order valence-electron chi connectivity index (χ0n) is 22.9. The number of hydrogen-bond acceptors (Lipinski definition) is 4. The van der Waals surface area contributed by atoms with Crippen molar-refractivity contribution in [3.8, 4) is 11.5 Å². The summed E-state index contributed by atoms with van der Waals surface area (Å²) in [4.78, 5) is 34.8. The Hall–Kier alpha value is -4.33. The van der Waals surface area contributed by atoms with Crippen molar-refractivity contribution in [2.75, 3.05) is 26.8 Å². The van der Waals surface area contributed by atoms with Crippen molar-refractivity contribution in [2.24, 2.45) is 0 Å². The topological polar surface area (TPSA) is 74.9 Å². The molecule has 2 amide bonds. The van der Waals surface area contributed by atoms with Gasteiger partial charge in [0.25, 0.3) is 5.91 Å². The number of benzene rings is 3. The van der Waals surface area contributed by atoms with E-state index in [0.29, 0.717) is 24.7 Å². The lowest BCUT2D eigenvalue weighted by Gasteiger charge is -2.51. The molecule has 1 N–H and O–H groups in total. The van der Waals surface area contributed by atoms with E-state index in [4.69, 9.17) is 9.47 Å². The van der Waals surface area contributed by atoms with Crippen LogP contribution < -0.4 is 9.47 Å². The van der Waals surface area contributed by atoms with Crippen LogP contribution in [-0.4, -0.2) is 53.4 Å². The van der Waals surface area contributed by atoms with E-state index in [0.717, 1.165) is 39.7 Å². The molecule has 1 fully saturated rings. The molecule has 4 aromatic rings. The second kappa shape index (κ2) is 10.0. The third kappa shape index (κ3) is 4.10. The van der Waals surface area contributed by atoms with Gasteiger partial charge in [-0.05, 0) is 60.4 Å². The van der Waals surface area contributed by atoms with Gasteiger partial charge in [0.2, 0.25) is 5.91 Å². The predicted molar refractivity (Wildman–Crippen MR) is 150 cm³/mol. The van der Waals surface area contributed by atoms with Gasteiger partial charge in [0.1, 0.15) is 12.4 Å². The van der Waals surface area contributed by atoms with E-state index in [1.54, 1.807) is 29.0 Å². The Labute approximate surface area is 232 Å². The minimum absolute atomic E-state index is 0.0405. The number of rotatable bonds is 7. The molecule has 2 aliphatic heterocycles. The fraction of sp³-hybridized carbons (Fsp3) is 0.312. The highest BCUT2D eigenvalue weighted by molar-refractivity contribution is 6.01. The van der Waals surface area contributed by atoms with Gasteiger partial charge in [0, 0.05) is 29.9 Å². The Morgan fingerprint density at radius 2 is 1.82 bits per heavy atom. The SMILES string of the molecule is CCCOc1ccc(C2CN3C(=O)CN(Cc4ccc(F)cc4)C(=O)C3(C)c3[nH]c4ccccc4c32)cc1OC. The van der Waals surface area contributed by atoms with Crippen LogP contribution in [0.3, 0.4) is 0 Å². The molecular formula is C32H32FN3O4. The van der Waals surface area contributed by atoms with Gasteiger partial charge in [-0.1, -0.05) is 43.3 Å². The molecule has 7 nitrogen and oxygen atoms in total. The number of nitrogens with one attached hydrogen (secondary N) is 1. The van der Waals surface area contributed by atoms with Crippen LogP contribution in [0.4, 0.5) is 4.39 Å². The maximum Gasteiger partial charge on any atom is 0.255 e. The molecule has 0 spiro atoms. The highest BCUT2D eigenvalue weighted by atomic mass is 19.1. The Balaban J connectivity index is 1.46. The molecule has 1 aromatic heterocycles. The van der Waals surface area contributed by atoms with Crippen molar-refractivity contribution in [1.29, 1.82) is 0 Å². The number of fused-ring (bicyclic) bond motifs is 5. The van der Waals surface area contributed by atoms with E-state index >= 15 is 0 Å². The number of H-pyrrole nitrogens is 1. The summed E-state index contributed by atoms with van der Waals surface area (Å²) in [6.45, 7) is 5.00. The molecular weight excluding hydrogens is 509 g/mol. The maximum absolute atomic E-state index is 14.2. The molecule has 0 radical (unpaired) electrons. The van der Waals surface area contributed by atoms with Crippen molar-refractivity contribution in [1.82, 2.24) is 14.8 Å². The number of aromatic nitrogens is 1. The molecule has 2 atom stereocenters. The molecule has 2 unspecified atom stereocenters. The Kier molecular flexibility index (Phi) is 6.49. The van der Waals surface area contributed by atoms with Crippen LogP contribution in [0.5, 0.6) is 11.5 Å². The van der Waals surface area contributed by atoms with E-state index in [1.807, 2.05) is 43.3 Å². The number of piperazine rings is 1. The summed E-state index contributed by atoms with van der Waals surface area (Å²) in [5, 5.41) is 1.02. The number of methoxy groups -OCH3 is 1. The van der Waals surface area contributed by atoms with Gasteiger partial charge in [-0.25, -0.2) is 4.39 Å². The minimum atomic E-state index is -1.21. The Bertz CT molecular complexity index is 1600. The third-order valence-corrected chi connectivity index (χ3v) is 8.16. The van der Waals surface area contributed by atoms with Gasteiger partial charge < -0.3 is 24.3 Å². The monoisotopic (exact) mass is 541 g/mol. The van der Waals surface area contributed by atoms with Crippen LogP contribution >= 0.6 is 0 Å². The molecule has 3 heterocycles. The first kappa shape index (κ1) is 25.9. The highest BCUT2D eigenvalue weighted by Gasteiger charge is 2.56. The summed E-state index contributed by atoms with van der Waals surface area (Å²) in [7, 11) is 1.62. The number of ether oxygens (including phenoxy) is 2. The van der Waals surface area contributed by atoms with Gasteiger partial charge in [-0.2, -0.15) is 0 Å². The summed E-state index contributed by atoms with van der Waals surface area (Å²) in [6.07, 6.45) is 0.883. The van der Waals surface area contributed by atoms with Crippen molar-refractivity contribution >= 4 is 22.7 Å². The van der Waals surface area contributed by atoms with Gasteiger partial charge in [-0.15, -0.1) is 0 Å². The summed E-state index contributed by atoms with van der Waals surface area (Å²) in [6, 6.07) is 19.9. The number of amides is 2. The standard InChI is InChI=1S/C32H32FN3O4/c1-4-15-40-26-14-11-21(16-27(26)39-3)24-18-36-28(37)19-35(17-20-9-12-22(33)13-10-20)31(38)32(36,2)30-29(24)23-7-5-6-8-25(23)34-30/h5-14,16,24,34H,4,15,17-19H2,1-3H3. The second-order valence-electron chi connectivity index (χ2n) is 10.6. The average molecular weight is 542 g/mol. The zero-order valence-corrected chi connectivity index (χ0v) is 22.9. The smallest absolute Gasteiger partial charge is 0.255 e.